The molecule has 1 fully saturated rings. The number of halogens is 3. The largest absolute Gasteiger partial charge is 0.413 e. The van der Waals surface area contributed by atoms with Crippen molar-refractivity contribution in [1.29, 1.82) is 0 Å². The Balaban J connectivity index is 2.23. The van der Waals surface area contributed by atoms with Gasteiger partial charge in [-0.1, -0.05) is 6.08 Å². The Morgan fingerprint density at radius 2 is 2.09 bits per heavy atom. The molecule has 2 aliphatic rings. The predicted octanol–water partition coefficient (Wildman–Crippen LogP) is 1.61. The van der Waals surface area contributed by atoms with Crippen molar-refractivity contribution in [1.82, 2.24) is 5.32 Å². The maximum atomic E-state index is 12.1. The molecule has 2 atom stereocenters. The van der Waals surface area contributed by atoms with Crippen molar-refractivity contribution in [2.24, 2.45) is 0 Å². The van der Waals surface area contributed by atoms with Crippen LogP contribution in [0.4, 0.5) is 13.2 Å². The molecular weight excluding hydrogens is 155 g/mol. The number of hydrogen-bond acceptors (Lipinski definition) is 1. The van der Waals surface area contributed by atoms with E-state index in [9.17, 15) is 13.2 Å². The molecule has 0 radical (unpaired) electrons. The van der Waals surface area contributed by atoms with E-state index in [1.54, 1.807) is 0 Å². The van der Waals surface area contributed by atoms with Gasteiger partial charge in [0.05, 0.1) is 0 Å². The molecule has 1 N–H and O–H groups in total. The fourth-order valence-corrected chi connectivity index (χ4v) is 1.77. The van der Waals surface area contributed by atoms with E-state index in [0.717, 1.165) is 6.42 Å². The first kappa shape index (κ1) is 7.16. The van der Waals surface area contributed by atoms with Gasteiger partial charge in [-0.15, -0.1) is 0 Å². The summed E-state index contributed by atoms with van der Waals surface area (Å²) in [5.41, 5.74) is -0.367. The molecule has 0 unspecified atom stereocenters. The molecule has 1 saturated heterocycles. The third-order valence-corrected chi connectivity index (χ3v) is 2.27. The van der Waals surface area contributed by atoms with E-state index >= 15 is 0 Å². The van der Waals surface area contributed by atoms with E-state index in [0.29, 0.717) is 6.42 Å². The van der Waals surface area contributed by atoms with E-state index in [-0.39, 0.29) is 11.6 Å². The molecule has 2 bridgehead atoms. The van der Waals surface area contributed by atoms with Gasteiger partial charge in [0.25, 0.3) is 0 Å². The molecule has 0 aromatic heterocycles. The molecule has 11 heavy (non-hydrogen) atoms. The van der Waals surface area contributed by atoms with Gasteiger partial charge in [-0.2, -0.15) is 13.2 Å². The minimum absolute atomic E-state index is 0.0170. The van der Waals surface area contributed by atoms with E-state index in [1.165, 1.54) is 6.08 Å². The third kappa shape index (κ3) is 1.05. The van der Waals surface area contributed by atoms with Crippen LogP contribution in [0.3, 0.4) is 0 Å². The topological polar surface area (TPSA) is 12.0 Å². The zero-order valence-electron chi connectivity index (χ0n) is 5.78. The van der Waals surface area contributed by atoms with E-state index in [1.807, 2.05) is 0 Å². The van der Waals surface area contributed by atoms with Crippen LogP contribution in [-0.2, 0) is 0 Å². The van der Waals surface area contributed by atoms with Crippen molar-refractivity contribution in [3.05, 3.63) is 11.6 Å². The van der Waals surface area contributed by atoms with Crippen molar-refractivity contribution in [2.45, 2.75) is 31.1 Å². The Morgan fingerprint density at radius 3 is 2.36 bits per heavy atom. The summed E-state index contributed by atoms with van der Waals surface area (Å²) >= 11 is 0. The van der Waals surface area contributed by atoms with E-state index in [4.69, 9.17) is 0 Å². The lowest BCUT2D eigenvalue weighted by molar-refractivity contribution is -0.0954. The Morgan fingerprint density at radius 1 is 1.36 bits per heavy atom. The highest BCUT2D eigenvalue weighted by molar-refractivity contribution is 5.29. The quantitative estimate of drug-likeness (QED) is 0.535. The molecule has 0 aromatic rings. The zero-order valence-corrected chi connectivity index (χ0v) is 5.78. The van der Waals surface area contributed by atoms with Crippen LogP contribution in [0.15, 0.2) is 11.6 Å². The van der Waals surface area contributed by atoms with Gasteiger partial charge >= 0.3 is 6.18 Å². The number of hydrogen-bond donors (Lipinski definition) is 1. The summed E-state index contributed by atoms with van der Waals surface area (Å²) in [5, 5.41) is 2.87. The van der Waals surface area contributed by atoms with Gasteiger partial charge < -0.3 is 5.32 Å². The van der Waals surface area contributed by atoms with Crippen LogP contribution in [0, 0.1) is 0 Å². The maximum Gasteiger partial charge on any atom is 0.413 e. The lowest BCUT2D eigenvalue weighted by Crippen LogP contribution is -2.27. The minimum Gasteiger partial charge on any atom is -0.304 e. The predicted molar refractivity (Wildman–Crippen MR) is 34.1 cm³/mol. The van der Waals surface area contributed by atoms with Gasteiger partial charge in [-0.05, 0) is 12.8 Å². The molecule has 2 heterocycles. The normalized spacial score (nSPS) is 36.1. The smallest absolute Gasteiger partial charge is 0.304 e. The summed E-state index contributed by atoms with van der Waals surface area (Å²) in [6.45, 7) is 0. The fourth-order valence-electron chi connectivity index (χ4n) is 1.77. The van der Waals surface area contributed by atoms with Crippen molar-refractivity contribution >= 4 is 0 Å². The average Bonchev–Trinajstić information content (AvgIpc) is 2.42. The number of rotatable bonds is 0. The van der Waals surface area contributed by atoms with Gasteiger partial charge in [0.2, 0.25) is 0 Å². The van der Waals surface area contributed by atoms with Gasteiger partial charge in [0.1, 0.15) is 0 Å². The van der Waals surface area contributed by atoms with Crippen molar-refractivity contribution in [3.63, 3.8) is 0 Å². The van der Waals surface area contributed by atoms with E-state index in [2.05, 4.69) is 5.32 Å². The molecule has 2 aliphatic heterocycles. The Hall–Kier alpha value is -0.510. The second-order valence-electron chi connectivity index (χ2n) is 3.02. The number of fused-ring (bicyclic) bond motifs is 2. The van der Waals surface area contributed by atoms with Crippen LogP contribution >= 0.6 is 0 Å². The molecule has 1 nitrogen and oxygen atoms in total. The van der Waals surface area contributed by atoms with Crippen molar-refractivity contribution < 1.29 is 13.2 Å². The Kier molecular flexibility index (Phi) is 1.30. The lowest BCUT2D eigenvalue weighted by atomic mass is 9.99. The van der Waals surface area contributed by atoms with Crippen LogP contribution in [0.1, 0.15) is 12.8 Å². The average molecular weight is 163 g/mol. The lowest BCUT2D eigenvalue weighted by Gasteiger charge is -2.14. The Bertz CT molecular complexity index is 206. The minimum atomic E-state index is -4.12. The second-order valence-corrected chi connectivity index (χ2v) is 3.02. The van der Waals surface area contributed by atoms with Crippen LogP contribution in [0.5, 0.6) is 0 Å². The standard InChI is InChI=1S/C7H8F3N/c8-7(9,10)5-3-4-1-2-6(5)11-4/h3-4,6,11H,1-2H2/t4-,6+/m1/s1. The van der Waals surface area contributed by atoms with Gasteiger partial charge in [0, 0.05) is 17.7 Å². The highest BCUT2D eigenvalue weighted by Gasteiger charge is 2.45. The summed E-state index contributed by atoms with van der Waals surface area (Å²) in [6.07, 6.45) is -1.32. The van der Waals surface area contributed by atoms with Gasteiger partial charge in [0.15, 0.2) is 0 Å². The summed E-state index contributed by atoms with van der Waals surface area (Å²) in [5.74, 6) is 0. The highest BCUT2D eigenvalue weighted by atomic mass is 19.4. The molecule has 4 heteroatoms. The summed E-state index contributed by atoms with van der Waals surface area (Å²) in [6, 6.07) is -0.434. The van der Waals surface area contributed by atoms with E-state index < -0.39 is 12.2 Å². The summed E-state index contributed by atoms with van der Waals surface area (Å²) in [7, 11) is 0. The SMILES string of the molecule is FC(F)(F)C1=C[C@H]2CC[C@@H]1N2. The van der Waals surface area contributed by atoms with Gasteiger partial charge in [-0.3, -0.25) is 0 Å². The van der Waals surface area contributed by atoms with Crippen LogP contribution in [-0.4, -0.2) is 18.3 Å². The first-order chi connectivity index (χ1) is 5.07. The Labute approximate surface area is 62.3 Å². The first-order valence-corrected chi connectivity index (χ1v) is 3.62. The molecule has 0 aliphatic carbocycles. The molecule has 0 saturated carbocycles. The molecule has 0 spiro atoms. The second kappa shape index (κ2) is 2.00. The highest BCUT2D eigenvalue weighted by Crippen LogP contribution is 2.37. The molecule has 0 aromatic carbocycles. The zero-order chi connectivity index (χ0) is 8.06. The van der Waals surface area contributed by atoms with Crippen LogP contribution in [0.2, 0.25) is 0 Å². The fraction of sp³-hybridized carbons (Fsp3) is 0.714. The monoisotopic (exact) mass is 163 g/mol. The molecular formula is C7H8F3N. The van der Waals surface area contributed by atoms with Crippen molar-refractivity contribution in [2.75, 3.05) is 0 Å². The molecule has 0 amide bonds. The summed E-state index contributed by atoms with van der Waals surface area (Å²) in [4.78, 5) is 0. The third-order valence-electron chi connectivity index (χ3n) is 2.27. The van der Waals surface area contributed by atoms with Crippen LogP contribution < -0.4 is 5.32 Å². The van der Waals surface area contributed by atoms with Crippen molar-refractivity contribution in [3.8, 4) is 0 Å². The first-order valence-electron chi connectivity index (χ1n) is 3.62. The van der Waals surface area contributed by atoms with Crippen LogP contribution in [0.25, 0.3) is 0 Å². The number of alkyl halides is 3. The summed E-state index contributed by atoms with van der Waals surface area (Å²) < 4.78 is 36.3. The number of nitrogens with one attached hydrogen (secondary N) is 1. The maximum absolute atomic E-state index is 12.1. The van der Waals surface area contributed by atoms with Gasteiger partial charge in [-0.25, -0.2) is 0 Å². The molecule has 62 valence electrons. The molecule has 2 rings (SSSR count).